The number of anilines is 1. The molecule has 2 aromatic rings. The molecule has 1 aromatic carbocycles. The number of hydrazine groups is 2. The number of nitrogens with two attached hydrogens (primary N) is 1. The number of aromatic nitrogens is 1. The Hall–Kier alpha value is -4.44. The summed E-state index contributed by atoms with van der Waals surface area (Å²) in [6.07, 6.45) is 8.09. The zero-order chi connectivity index (χ0) is 24.4. The summed E-state index contributed by atoms with van der Waals surface area (Å²) < 4.78 is 0. The lowest BCUT2D eigenvalue weighted by molar-refractivity contribution is -0.128. The van der Waals surface area contributed by atoms with Crippen molar-refractivity contribution in [1.29, 1.82) is 0 Å². The number of hydrogen-bond donors (Lipinski definition) is 3. The summed E-state index contributed by atoms with van der Waals surface area (Å²) in [6, 6.07) is 12.6. The molecular weight excluding hydrogens is 444 g/mol. The molecule has 3 aliphatic rings. The van der Waals surface area contributed by atoms with Gasteiger partial charge in [0.1, 0.15) is 23.6 Å². The Morgan fingerprint density at radius 3 is 2.77 bits per heavy atom. The number of likely N-dealkylation sites (tertiary alicyclic amines) is 1. The van der Waals surface area contributed by atoms with E-state index in [0.717, 1.165) is 35.5 Å². The molecule has 0 unspecified atom stereocenters. The lowest BCUT2D eigenvalue weighted by Gasteiger charge is -2.39. The summed E-state index contributed by atoms with van der Waals surface area (Å²) in [5, 5.41) is 6.30. The first-order chi connectivity index (χ1) is 17.0. The van der Waals surface area contributed by atoms with E-state index in [0.29, 0.717) is 24.5 Å². The van der Waals surface area contributed by atoms with Gasteiger partial charge in [-0.3, -0.25) is 25.0 Å². The van der Waals surface area contributed by atoms with Crippen LogP contribution in [0.2, 0.25) is 0 Å². The predicted octanol–water partition coefficient (Wildman–Crippen LogP) is 2.06. The Morgan fingerprint density at radius 1 is 1.20 bits per heavy atom. The normalized spacial score (nSPS) is 19.2. The summed E-state index contributed by atoms with van der Waals surface area (Å²) in [6.45, 7) is 4.89. The first kappa shape index (κ1) is 22.4. The van der Waals surface area contributed by atoms with Crippen molar-refractivity contribution >= 4 is 29.7 Å². The lowest BCUT2D eigenvalue weighted by atomic mass is 10.0. The fourth-order valence-electron chi connectivity index (χ4n) is 4.49. The highest BCUT2D eigenvalue weighted by atomic mass is 16.2. The van der Waals surface area contributed by atoms with Crippen LogP contribution >= 0.6 is 0 Å². The van der Waals surface area contributed by atoms with E-state index >= 15 is 0 Å². The van der Waals surface area contributed by atoms with Gasteiger partial charge in [0.15, 0.2) is 0 Å². The Bertz CT molecular complexity index is 1240. The number of rotatable bonds is 5. The smallest absolute Gasteiger partial charge is 0.256 e. The number of benzene rings is 1. The third-order valence-electron chi connectivity index (χ3n) is 6.21. The van der Waals surface area contributed by atoms with E-state index < -0.39 is 0 Å². The van der Waals surface area contributed by atoms with Crippen molar-refractivity contribution in [3.05, 3.63) is 90.0 Å². The standard InChI is InChI=1S/C25H26N8O2/c1-2-22(34)31-13-5-6-19(15-31)33-20-14-27-16-32(26)24(20)23(30-33)17-8-10-18(11-9-17)25(35)29-21-7-3-4-12-28-21/h2-4,7-12,14,16,19,30H,1,5-6,13,15,26H2,(H,28,29,35)/t19-/m1/s1. The maximum Gasteiger partial charge on any atom is 0.256 e. The summed E-state index contributed by atoms with van der Waals surface area (Å²) in [5.74, 6) is 6.45. The Balaban J connectivity index is 1.38. The van der Waals surface area contributed by atoms with E-state index in [1.165, 1.54) is 11.1 Å². The van der Waals surface area contributed by atoms with Crippen molar-refractivity contribution in [3.63, 3.8) is 0 Å². The third-order valence-corrected chi connectivity index (χ3v) is 6.21. The molecule has 0 spiro atoms. The lowest BCUT2D eigenvalue weighted by Crippen LogP contribution is -2.51. The highest BCUT2D eigenvalue weighted by Crippen LogP contribution is 2.36. The minimum atomic E-state index is -0.242. The van der Waals surface area contributed by atoms with Gasteiger partial charge in [0.2, 0.25) is 5.91 Å². The largest absolute Gasteiger partial charge is 0.337 e. The monoisotopic (exact) mass is 470 g/mol. The molecule has 4 N–H and O–H groups in total. The average Bonchev–Trinajstić information content (AvgIpc) is 3.30. The predicted molar refractivity (Wildman–Crippen MR) is 133 cm³/mol. The van der Waals surface area contributed by atoms with Crippen LogP contribution in [0.1, 0.15) is 28.8 Å². The van der Waals surface area contributed by atoms with E-state index in [1.54, 1.807) is 43.0 Å². The quantitative estimate of drug-likeness (QED) is 0.452. The molecule has 35 heavy (non-hydrogen) atoms. The van der Waals surface area contributed by atoms with Crippen molar-refractivity contribution in [2.75, 3.05) is 18.4 Å². The fraction of sp³-hybridized carbons (Fsp3) is 0.200. The number of amides is 2. The minimum Gasteiger partial charge on any atom is -0.337 e. The number of piperidine rings is 1. The maximum atomic E-state index is 12.6. The average molecular weight is 471 g/mol. The molecule has 0 saturated carbocycles. The fourth-order valence-corrected chi connectivity index (χ4v) is 4.49. The molecule has 0 aliphatic carbocycles. The van der Waals surface area contributed by atoms with E-state index in [2.05, 4.69) is 27.3 Å². The number of nitrogens with one attached hydrogen (secondary N) is 2. The molecule has 1 saturated heterocycles. The third kappa shape index (κ3) is 4.38. The molecule has 0 radical (unpaired) electrons. The number of carbonyl (C=O) groups is 2. The number of hydrogen-bond acceptors (Lipinski definition) is 8. The zero-order valence-electron chi connectivity index (χ0n) is 19.1. The van der Waals surface area contributed by atoms with Crippen LogP contribution in [0.25, 0.3) is 5.70 Å². The van der Waals surface area contributed by atoms with Gasteiger partial charge >= 0.3 is 0 Å². The van der Waals surface area contributed by atoms with Gasteiger partial charge in [-0.25, -0.2) is 15.8 Å². The summed E-state index contributed by atoms with van der Waals surface area (Å²) in [4.78, 5) is 35.0. The van der Waals surface area contributed by atoms with Crippen LogP contribution in [-0.2, 0) is 4.79 Å². The number of pyridine rings is 1. The topological polar surface area (TPSA) is 119 Å². The van der Waals surface area contributed by atoms with Gasteiger partial charge in [0.25, 0.3) is 5.91 Å². The second-order valence-corrected chi connectivity index (χ2v) is 8.42. The summed E-state index contributed by atoms with van der Waals surface area (Å²) >= 11 is 0. The van der Waals surface area contributed by atoms with Crippen molar-refractivity contribution in [1.82, 2.24) is 25.3 Å². The molecule has 2 amide bonds. The number of nitrogens with zero attached hydrogens (tertiary/aromatic N) is 5. The first-order valence-electron chi connectivity index (χ1n) is 11.4. The van der Waals surface area contributed by atoms with E-state index in [9.17, 15) is 9.59 Å². The Morgan fingerprint density at radius 2 is 2.03 bits per heavy atom. The molecule has 5 rings (SSSR count). The molecule has 1 aromatic heterocycles. The number of fused-ring (bicyclic) bond motifs is 1. The highest BCUT2D eigenvalue weighted by Gasteiger charge is 2.37. The molecule has 10 heteroatoms. The van der Waals surface area contributed by atoms with Crippen molar-refractivity contribution in [2.24, 2.45) is 10.8 Å². The van der Waals surface area contributed by atoms with Crippen LogP contribution < -0.4 is 16.6 Å². The Kier molecular flexibility index (Phi) is 6.02. The molecular formula is C25H26N8O2. The van der Waals surface area contributed by atoms with Crippen molar-refractivity contribution < 1.29 is 9.59 Å². The maximum absolute atomic E-state index is 12.6. The zero-order valence-corrected chi connectivity index (χ0v) is 19.1. The van der Waals surface area contributed by atoms with Gasteiger partial charge in [0.05, 0.1) is 17.9 Å². The SMILES string of the molecule is C=CC(=O)N1CCC[C@@H](N2NC(c3ccc(C(=O)Nc4ccccn4)cc3)=C3C2=CN=CN3N)C1. The summed E-state index contributed by atoms with van der Waals surface area (Å²) in [5.41, 5.74) is 7.27. The Labute approximate surface area is 203 Å². The van der Waals surface area contributed by atoms with Gasteiger partial charge in [-0.15, -0.1) is 0 Å². The van der Waals surface area contributed by atoms with Crippen LogP contribution in [0, 0.1) is 0 Å². The van der Waals surface area contributed by atoms with Crippen LogP contribution in [0.5, 0.6) is 0 Å². The molecule has 10 nitrogen and oxygen atoms in total. The molecule has 3 aliphatic heterocycles. The van der Waals surface area contributed by atoms with Gasteiger partial charge in [-0.2, -0.15) is 0 Å². The highest BCUT2D eigenvalue weighted by molar-refractivity contribution is 6.04. The second-order valence-electron chi connectivity index (χ2n) is 8.42. The van der Waals surface area contributed by atoms with E-state index in [1.807, 2.05) is 28.1 Å². The van der Waals surface area contributed by atoms with Crippen LogP contribution in [0.15, 0.2) is 83.9 Å². The van der Waals surface area contributed by atoms with E-state index in [4.69, 9.17) is 5.84 Å². The van der Waals surface area contributed by atoms with Crippen LogP contribution in [0.4, 0.5) is 5.82 Å². The molecule has 0 bridgehead atoms. The molecule has 4 heterocycles. The van der Waals surface area contributed by atoms with Crippen molar-refractivity contribution in [3.8, 4) is 0 Å². The summed E-state index contributed by atoms with van der Waals surface area (Å²) in [7, 11) is 0. The van der Waals surface area contributed by atoms with E-state index in [-0.39, 0.29) is 17.9 Å². The van der Waals surface area contributed by atoms with Gasteiger partial charge in [-0.1, -0.05) is 24.8 Å². The molecule has 1 fully saturated rings. The van der Waals surface area contributed by atoms with Crippen molar-refractivity contribution in [2.45, 2.75) is 18.9 Å². The van der Waals surface area contributed by atoms with Gasteiger partial charge in [-0.05, 0) is 43.2 Å². The molecule has 178 valence electrons. The number of carbonyl (C=O) groups excluding carboxylic acids is 2. The van der Waals surface area contributed by atoms with Crippen LogP contribution in [-0.4, -0.2) is 57.2 Å². The number of aliphatic imine (C=N–C) groups is 1. The van der Waals surface area contributed by atoms with Crippen LogP contribution in [0.3, 0.4) is 0 Å². The minimum absolute atomic E-state index is 0.0384. The first-order valence-corrected chi connectivity index (χ1v) is 11.4. The molecule has 1 atom stereocenters. The van der Waals surface area contributed by atoms with Gasteiger partial charge < -0.3 is 10.2 Å². The van der Waals surface area contributed by atoms with Gasteiger partial charge in [0, 0.05) is 30.4 Å². The second kappa shape index (κ2) is 9.43.